The Morgan fingerprint density at radius 1 is 1.62 bits per heavy atom. The lowest BCUT2D eigenvalue weighted by Crippen LogP contribution is -2.01. The zero-order valence-corrected chi connectivity index (χ0v) is 4.32. The molecule has 0 atom stereocenters. The molecule has 1 aromatic rings. The zero-order chi connectivity index (χ0) is 5.82. The van der Waals surface area contributed by atoms with E-state index in [2.05, 4.69) is 10.3 Å². The van der Waals surface area contributed by atoms with Crippen LogP contribution in [0.1, 0.15) is 0 Å². The SMILES string of the molecule is [O]CCn1ccnn1. The molecule has 0 saturated heterocycles. The normalized spacial score (nSPS) is 9.62. The first-order valence-corrected chi connectivity index (χ1v) is 2.35. The molecule has 1 aromatic heterocycles. The van der Waals surface area contributed by atoms with E-state index in [0.717, 1.165) is 0 Å². The fourth-order valence-electron chi connectivity index (χ4n) is 0.446. The molecule has 0 aliphatic heterocycles. The maximum Gasteiger partial charge on any atom is 0.102 e. The van der Waals surface area contributed by atoms with Gasteiger partial charge in [0.1, 0.15) is 6.61 Å². The first-order chi connectivity index (χ1) is 3.93. The number of nitrogens with zero attached hydrogens (tertiary/aromatic N) is 3. The van der Waals surface area contributed by atoms with E-state index in [0.29, 0.717) is 6.54 Å². The molecule has 43 valence electrons. The summed E-state index contributed by atoms with van der Waals surface area (Å²) < 4.78 is 1.51. The van der Waals surface area contributed by atoms with Crippen molar-refractivity contribution in [2.45, 2.75) is 6.54 Å². The summed E-state index contributed by atoms with van der Waals surface area (Å²) in [6.45, 7) is 0.281. The van der Waals surface area contributed by atoms with Gasteiger partial charge in [0.05, 0.1) is 12.7 Å². The summed E-state index contributed by atoms with van der Waals surface area (Å²) in [6.07, 6.45) is 3.22. The van der Waals surface area contributed by atoms with E-state index in [1.54, 1.807) is 12.4 Å². The van der Waals surface area contributed by atoms with Gasteiger partial charge in [-0.25, -0.2) is 5.11 Å². The van der Waals surface area contributed by atoms with Gasteiger partial charge in [0, 0.05) is 6.20 Å². The second-order valence-electron chi connectivity index (χ2n) is 1.37. The minimum Gasteiger partial charge on any atom is -0.250 e. The summed E-state index contributed by atoms with van der Waals surface area (Å²) in [5.74, 6) is 0. The van der Waals surface area contributed by atoms with Gasteiger partial charge in [-0.05, 0) is 0 Å². The van der Waals surface area contributed by atoms with Crippen LogP contribution in [0.4, 0.5) is 0 Å². The van der Waals surface area contributed by atoms with E-state index in [9.17, 15) is 5.11 Å². The molecule has 0 spiro atoms. The summed E-state index contributed by atoms with van der Waals surface area (Å²) in [4.78, 5) is 0. The van der Waals surface area contributed by atoms with E-state index >= 15 is 0 Å². The molecule has 1 radical (unpaired) electrons. The third kappa shape index (κ3) is 1.04. The molecule has 1 heterocycles. The van der Waals surface area contributed by atoms with Gasteiger partial charge in [0.15, 0.2) is 0 Å². The molecule has 1 rings (SSSR count). The van der Waals surface area contributed by atoms with Crippen molar-refractivity contribution in [3.8, 4) is 0 Å². The Hall–Kier alpha value is -0.900. The van der Waals surface area contributed by atoms with Gasteiger partial charge in [-0.15, -0.1) is 5.10 Å². The Balaban J connectivity index is 2.50. The first-order valence-electron chi connectivity index (χ1n) is 2.35. The van der Waals surface area contributed by atoms with Crippen molar-refractivity contribution in [2.24, 2.45) is 0 Å². The average molecular weight is 112 g/mol. The van der Waals surface area contributed by atoms with Gasteiger partial charge < -0.3 is 0 Å². The predicted octanol–water partition coefficient (Wildman–Crippen LogP) is -0.291. The highest BCUT2D eigenvalue weighted by molar-refractivity contribution is 4.62. The van der Waals surface area contributed by atoms with Gasteiger partial charge in [0.2, 0.25) is 0 Å². The van der Waals surface area contributed by atoms with Gasteiger partial charge in [-0.2, -0.15) is 0 Å². The largest absolute Gasteiger partial charge is 0.250 e. The van der Waals surface area contributed by atoms with Crippen molar-refractivity contribution in [2.75, 3.05) is 6.61 Å². The summed E-state index contributed by atoms with van der Waals surface area (Å²) in [5.41, 5.74) is 0. The summed E-state index contributed by atoms with van der Waals surface area (Å²) >= 11 is 0. The van der Waals surface area contributed by atoms with Crippen molar-refractivity contribution in [1.29, 1.82) is 0 Å². The quantitative estimate of drug-likeness (QED) is 0.527. The smallest absolute Gasteiger partial charge is 0.102 e. The van der Waals surface area contributed by atoms with E-state index in [-0.39, 0.29) is 6.61 Å². The Morgan fingerprint density at radius 2 is 2.50 bits per heavy atom. The van der Waals surface area contributed by atoms with Crippen LogP contribution in [0.5, 0.6) is 0 Å². The maximum atomic E-state index is 9.91. The monoisotopic (exact) mass is 112 g/mol. The van der Waals surface area contributed by atoms with E-state index in [1.165, 1.54) is 4.68 Å². The zero-order valence-electron chi connectivity index (χ0n) is 4.32. The number of rotatable bonds is 2. The first kappa shape index (κ1) is 5.24. The molecule has 0 saturated carbocycles. The molecule has 0 aliphatic rings. The second-order valence-corrected chi connectivity index (χ2v) is 1.37. The molecule has 0 amide bonds. The minimum atomic E-state index is -0.136. The summed E-state index contributed by atoms with van der Waals surface area (Å²) in [7, 11) is 0. The Kier molecular flexibility index (Phi) is 1.58. The van der Waals surface area contributed by atoms with Gasteiger partial charge >= 0.3 is 0 Å². The summed E-state index contributed by atoms with van der Waals surface area (Å²) in [5, 5.41) is 17.0. The molecule has 0 unspecified atom stereocenters. The summed E-state index contributed by atoms with van der Waals surface area (Å²) in [6, 6.07) is 0. The topological polar surface area (TPSA) is 50.6 Å². The number of aromatic nitrogens is 3. The van der Waals surface area contributed by atoms with Gasteiger partial charge in [-0.1, -0.05) is 5.21 Å². The van der Waals surface area contributed by atoms with Crippen molar-refractivity contribution < 1.29 is 5.11 Å². The highest BCUT2D eigenvalue weighted by Gasteiger charge is 1.85. The molecule has 0 fully saturated rings. The predicted molar refractivity (Wildman–Crippen MR) is 25.6 cm³/mol. The van der Waals surface area contributed by atoms with E-state index in [1.807, 2.05) is 0 Å². The highest BCUT2D eigenvalue weighted by Crippen LogP contribution is 1.76. The third-order valence-electron chi connectivity index (χ3n) is 0.792. The Labute approximate surface area is 46.8 Å². The van der Waals surface area contributed by atoms with Crippen molar-refractivity contribution in [1.82, 2.24) is 15.0 Å². The van der Waals surface area contributed by atoms with Crippen LogP contribution >= 0.6 is 0 Å². The number of hydrogen-bond acceptors (Lipinski definition) is 2. The van der Waals surface area contributed by atoms with Crippen LogP contribution in [-0.4, -0.2) is 21.6 Å². The molecular formula is C4H6N3O. The Morgan fingerprint density at radius 3 is 3.00 bits per heavy atom. The molecule has 8 heavy (non-hydrogen) atoms. The van der Waals surface area contributed by atoms with Crippen LogP contribution in [0, 0.1) is 0 Å². The maximum absolute atomic E-state index is 9.91. The molecular weight excluding hydrogens is 106 g/mol. The standard InChI is InChI=1S/C4H6N3O/c8-4-3-7-2-1-5-6-7/h1-2H,3-4H2. The lowest BCUT2D eigenvalue weighted by atomic mass is 10.7. The number of hydrogen-bond donors (Lipinski definition) is 0. The van der Waals surface area contributed by atoms with Gasteiger partial charge in [-0.3, -0.25) is 4.68 Å². The van der Waals surface area contributed by atoms with Crippen LogP contribution in [0.2, 0.25) is 0 Å². The van der Waals surface area contributed by atoms with Crippen LogP contribution < -0.4 is 0 Å². The molecule has 0 aliphatic carbocycles. The van der Waals surface area contributed by atoms with E-state index in [4.69, 9.17) is 0 Å². The highest BCUT2D eigenvalue weighted by atomic mass is 16.3. The second kappa shape index (κ2) is 2.42. The lowest BCUT2D eigenvalue weighted by Gasteiger charge is -1.88. The van der Waals surface area contributed by atoms with Crippen LogP contribution in [0.25, 0.3) is 0 Å². The lowest BCUT2D eigenvalue weighted by molar-refractivity contribution is 0.176. The van der Waals surface area contributed by atoms with Gasteiger partial charge in [0.25, 0.3) is 0 Å². The van der Waals surface area contributed by atoms with Crippen LogP contribution in [-0.2, 0) is 11.7 Å². The van der Waals surface area contributed by atoms with Crippen molar-refractivity contribution in [3.05, 3.63) is 12.4 Å². The molecule has 0 N–H and O–H groups in total. The molecule has 0 aromatic carbocycles. The molecule has 4 nitrogen and oxygen atoms in total. The molecule has 4 heteroatoms. The van der Waals surface area contributed by atoms with Crippen LogP contribution in [0.3, 0.4) is 0 Å². The minimum absolute atomic E-state index is 0.136. The Bertz CT molecular complexity index is 137. The van der Waals surface area contributed by atoms with E-state index < -0.39 is 0 Å². The average Bonchev–Trinajstić information content (AvgIpc) is 2.19. The van der Waals surface area contributed by atoms with Crippen LogP contribution in [0.15, 0.2) is 12.4 Å². The third-order valence-corrected chi connectivity index (χ3v) is 0.792. The van der Waals surface area contributed by atoms with Crippen molar-refractivity contribution in [3.63, 3.8) is 0 Å². The fraction of sp³-hybridized carbons (Fsp3) is 0.500. The van der Waals surface area contributed by atoms with Crippen molar-refractivity contribution >= 4 is 0 Å². The fourth-order valence-corrected chi connectivity index (χ4v) is 0.446. The molecule has 0 bridgehead atoms.